The highest BCUT2D eigenvalue weighted by Crippen LogP contribution is 2.28. The summed E-state index contributed by atoms with van der Waals surface area (Å²) in [7, 11) is -3.65. The zero-order valence-electron chi connectivity index (χ0n) is 13.5. The van der Waals surface area contributed by atoms with E-state index < -0.39 is 10.0 Å². The van der Waals surface area contributed by atoms with Gasteiger partial charge in [-0.05, 0) is 32.0 Å². The molecule has 1 aliphatic heterocycles. The number of ether oxygens (including phenoxy) is 1. The van der Waals surface area contributed by atoms with E-state index in [2.05, 4.69) is 15.9 Å². The molecule has 0 radical (unpaired) electrons. The molecule has 2 rings (SSSR count). The molecular weight excluding hydrogens is 420 g/mol. The number of halogens is 2. The minimum absolute atomic E-state index is 0.0965. The van der Waals surface area contributed by atoms with Gasteiger partial charge in [-0.15, -0.1) is 0 Å². The Balaban J connectivity index is 2.07. The topological polar surface area (TPSA) is 66.9 Å². The maximum absolute atomic E-state index is 12.7. The SMILES string of the molecule is CCOC(=O)C(C)N1CCN(S(=O)(=O)c2ccc(Br)cc2Cl)CC1. The lowest BCUT2D eigenvalue weighted by atomic mass is 10.2. The predicted octanol–water partition coefficient (Wildman–Crippen LogP) is 2.36. The van der Waals surface area contributed by atoms with Crippen molar-refractivity contribution in [1.29, 1.82) is 0 Å². The van der Waals surface area contributed by atoms with E-state index in [0.717, 1.165) is 4.47 Å². The van der Waals surface area contributed by atoms with Crippen molar-refractivity contribution < 1.29 is 17.9 Å². The molecule has 1 aliphatic rings. The Morgan fingerprint density at radius 2 is 1.96 bits per heavy atom. The zero-order chi connectivity index (χ0) is 17.9. The van der Waals surface area contributed by atoms with Gasteiger partial charge < -0.3 is 4.74 Å². The van der Waals surface area contributed by atoms with E-state index in [4.69, 9.17) is 16.3 Å². The van der Waals surface area contributed by atoms with Gasteiger partial charge in [-0.3, -0.25) is 9.69 Å². The second-order valence-corrected chi connectivity index (χ2v) is 8.67. The summed E-state index contributed by atoms with van der Waals surface area (Å²) in [6, 6.07) is 4.33. The molecule has 0 aliphatic carbocycles. The number of sulfonamides is 1. The van der Waals surface area contributed by atoms with E-state index in [-0.39, 0.29) is 21.9 Å². The second-order valence-electron chi connectivity index (χ2n) is 5.44. The molecule has 1 fully saturated rings. The number of carbonyl (C=O) groups excluding carboxylic acids is 1. The summed E-state index contributed by atoms with van der Waals surface area (Å²) in [5, 5.41) is 0.187. The number of esters is 1. The lowest BCUT2D eigenvalue weighted by molar-refractivity contribution is -0.149. The Bertz CT molecular complexity index is 705. The van der Waals surface area contributed by atoms with Crippen LogP contribution in [0.4, 0.5) is 0 Å². The van der Waals surface area contributed by atoms with E-state index in [0.29, 0.717) is 32.8 Å². The molecule has 0 N–H and O–H groups in total. The van der Waals surface area contributed by atoms with Gasteiger partial charge in [-0.2, -0.15) is 4.31 Å². The fourth-order valence-corrected chi connectivity index (χ4v) is 5.00. The Hall–Kier alpha value is -0.670. The molecule has 1 aromatic carbocycles. The summed E-state index contributed by atoms with van der Waals surface area (Å²) in [6.45, 7) is 5.40. The van der Waals surface area contributed by atoms with Gasteiger partial charge in [0.25, 0.3) is 0 Å². The minimum atomic E-state index is -3.65. The van der Waals surface area contributed by atoms with Gasteiger partial charge in [0.05, 0.1) is 11.6 Å². The van der Waals surface area contributed by atoms with Gasteiger partial charge in [-0.1, -0.05) is 27.5 Å². The first-order chi connectivity index (χ1) is 11.3. The largest absolute Gasteiger partial charge is 0.465 e. The normalized spacial score (nSPS) is 18.3. The van der Waals surface area contributed by atoms with Crippen molar-refractivity contribution in [3.05, 3.63) is 27.7 Å². The first kappa shape index (κ1) is 19.7. The standard InChI is InChI=1S/C15H20BrClN2O4S/c1-3-23-15(20)11(2)18-6-8-19(9-7-18)24(21,22)14-5-4-12(16)10-13(14)17/h4-5,10-11H,3,6-9H2,1-2H3. The third-order valence-electron chi connectivity index (χ3n) is 3.96. The van der Waals surface area contributed by atoms with Crippen LogP contribution in [0.15, 0.2) is 27.6 Å². The number of piperazine rings is 1. The van der Waals surface area contributed by atoms with Crippen LogP contribution < -0.4 is 0 Å². The summed E-state index contributed by atoms with van der Waals surface area (Å²) in [5.74, 6) is -0.287. The monoisotopic (exact) mass is 438 g/mol. The van der Waals surface area contributed by atoms with Gasteiger partial charge >= 0.3 is 5.97 Å². The van der Waals surface area contributed by atoms with Crippen molar-refractivity contribution in [3.63, 3.8) is 0 Å². The van der Waals surface area contributed by atoms with E-state index in [1.54, 1.807) is 26.0 Å². The lowest BCUT2D eigenvalue weighted by Crippen LogP contribution is -2.53. The van der Waals surface area contributed by atoms with Crippen LogP contribution in [0.25, 0.3) is 0 Å². The van der Waals surface area contributed by atoms with Crippen LogP contribution in [0.1, 0.15) is 13.8 Å². The highest BCUT2D eigenvalue weighted by molar-refractivity contribution is 9.10. The highest BCUT2D eigenvalue weighted by atomic mass is 79.9. The van der Waals surface area contributed by atoms with Crippen LogP contribution in [0.5, 0.6) is 0 Å². The van der Waals surface area contributed by atoms with Crippen LogP contribution in [-0.4, -0.2) is 62.4 Å². The van der Waals surface area contributed by atoms with Crippen molar-refractivity contribution in [3.8, 4) is 0 Å². The van der Waals surface area contributed by atoms with E-state index in [9.17, 15) is 13.2 Å². The number of carbonyl (C=O) groups is 1. The minimum Gasteiger partial charge on any atom is -0.465 e. The van der Waals surface area contributed by atoms with Crippen LogP contribution in [0.3, 0.4) is 0 Å². The molecule has 1 aromatic rings. The molecule has 0 saturated carbocycles. The molecule has 1 unspecified atom stereocenters. The molecule has 1 atom stereocenters. The third-order valence-corrected chi connectivity index (χ3v) is 6.84. The van der Waals surface area contributed by atoms with Crippen molar-refractivity contribution >= 4 is 43.5 Å². The average molecular weight is 440 g/mol. The first-order valence-corrected chi connectivity index (χ1v) is 10.2. The van der Waals surface area contributed by atoms with Gasteiger partial charge in [0.2, 0.25) is 10.0 Å². The summed E-state index contributed by atoms with van der Waals surface area (Å²) >= 11 is 9.35. The molecule has 6 nitrogen and oxygen atoms in total. The van der Waals surface area contributed by atoms with E-state index >= 15 is 0 Å². The van der Waals surface area contributed by atoms with Crippen molar-refractivity contribution in [2.45, 2.75) is 24.8 Å². The molecule has 1 saturated heterocycles. The Kier molecular flexibility index (Phi) is 6.66. The van der Waals surface area contributed by atoms with Gasteiger partial charge in [-0.25, -0.2) is 8.42 Å². The number of hydrogen-bond donors (Lipinski definition) is 0. The molecule has 0 bridgehead atoms. The Morgan fingerprint density at radius 1 is 1.33 bits per heavy atom. The first-order valence-electron chi connectivity index (χ1n) is 7.63. The smallest absolute Gasteiger partial charge is 0.323 e. The van der Waals surface area contributed by atoms with Gasteiger partial charge in [0, 0.05) is 30.7 Å². The van der Waals surface area contributed by atoms with Crippen LogP contribution >= 0.6 is 27.5 Å². The van der Waals surface area contributed by atoms with Crippen LogP contribution in [0, 0.1) is 0 Å². The quantitative estimate of drug-likeness (QED) is 0.659. The molecule has 0 aromatic heterocycles. The average Bonchev–Trinajstić information content (AvgIpc) is 2.54. The number of rotatable bonds is 5. The summed E-state index contributed by atoms with van der Waals surface area (Å²) < 4.78 is 32.6. The summed E-state index contributed by atoms with van der Waals surface area (Å²) in [6.07, 6.45) is 0. The Labute approximate surface area is 155 Å². The van der Waals surface area contributed by atoms with Crippen LogP contribution in [0.2, 0.25) is 5.02 Å². The zero-order valence-corrected chi connectivity index (χ0v) is 16.7. The van der Waals surface area contributed by atoms with Gasteiger partial charge in [0.1, 0.15) is 10.9 Å². The van der Waals surface area contributed by atoms with Crippen LogP contribution in [-0.2, 0) is 19.6 Å². The highest BCUT2D eigenvalue weighted by Gasteiger charge is 2.33. The third kappa shape index (κ3) is 4.29. The fourth-order valence-electron chi connectivity index (χ4n) is 2.57. The maximum Gasteiger partial charge on any atom is 0.323 e. The van der Waals surface area contributed by atoms with Crippen molar-refractivity contribution in [2.75, 3.05) is 32.8 Å². The van der Waals surface area contributed by atoms with E-state index in [1.807, 2.05) is 4.90 Å². The number of benzene rings is 1. The second kappa shape index (κ2) is 8.14. The molecule has 0 amide bonds. The fraction of sp³-hybridized carbons (Fsp3) is 0.533. The molecular formula is C15H20BrClN2O4S. The lowest BCUT2D eigenvalue weighted by Gasteiger charge is -2.36. The maximum atomic E-state index is 12.7. The van der Waals surface area contributed by atoms with Gasteiger partial charge in [0.15, 0.2) is 0 Å². The molecule has 1 heterocycles. The molecule has 134 valence electrons. The van der Waals surface area contributed by atoms with Crippen molar-refractivity contribution in [2.24, 2.45) is 0 Å². The number of hydrogen-bond acceptors (Lipinski definition) is 5. The number of nitrogens with zero attached hydrogens (tertiary/aromatic N) is 2. The van der Waals surface area contributed by atoms with E-state index in [1.165, 1.54) is 10.4 Å². The Morgan fingerprint density at radius 3 is 2.50 bits per heavy atom. The summed E-state index contributed by atoms with van der Waals surface area (Å²) in [5.41, 5.74) is 0. The molecule has 0 spiro atoms. The summed E-state index contributed by atoms with van der Waals surface area (Å²) in [4.78, 5) is 13.8. The van der Waals surface area contributed by atoms with Crippen molar-refractivity contribution in [1.82, 2.24) is 9.21 Å². The predicted molar refractivity (Wildman–Crippen MR) is 95.6 cm³/mol. The molecule has 24 heavy (non-hydrogen) atoms. The molecule has 9 heteroatoms.